The van der Waals surface area contributed by atoms with Crippen LogP contribution in [0.3, 0.4) is 0 Å². The van der Waals surface area contributed by atoms with E-state index in [1.165, 1.54) is 0 Å². The second-order valence-corrected chi connectivity index (χ2v) is 2.95. The fourth-order valence-corrected chi connectivity index (χ4v) is 1.11. The highest BCUT2D eigenvalue weighted by molar-refractivity contribution is 5.40. The Morgan fingerprint density at radius 1 is 1.50 bits per heavy atom. The van der Waals surface area contributed by atoms with Crippen LogP contribution in [0.25, 0.3) is 0 Å². The van der Waals surface area contributed by atoms with E-state index in [0.717, 1.165) is 11.1 Å². The zero-order chi connectivity index (χ0) is 9.14. The maximum atomic E-state index is 9.44. The first-order valence-electron chi connectivity index (χ1n) is 3.91. The first-order valence-corrected chi connectivity index (χ1v) is 3.91. The average Bonchev–Trinajstić information content (AvgIpc) is 2.08. The molecule has 0 heterocycles. The smallest absolute Gasteiger partial charge is 0.120 e. The molecule has 1 unspecified atom stereocenters. The highest BCUT2D eigenvalue weighted by Gasteiger charge is 2.06. The summed E-state index contributed by atoms with van der Waals surface area (Å²) in [6.45, 7) is 3.88. The summed E-state index contributed by atoms with van der Waals surface area (Å²) in [7, 11) is 0. The molecule has 1 heteroatoms. The van der Waals surface area contributed by atoms with Crippen LogP contribution in [0.4, 0.5) is 0 Å². The number of hydrogen-bond acceptors (Lipinski definition) is 1. The van der Waals surface area contributed by atoms with Crippen molar-refractivity contribution >= 4 is 0 Å². The molecule has 0 amide bonds. The molecule has 1 rings (SSSR count). The van der Waals surface area contributed by atoms with Crippen molar-refractivity contribution in [1.82, 2.24) is 0 Å². The minimum atomic E-state index is -0.0232. The standard InChI is InChI=1S/C11H12O/c1-4-9(3)10-7-8(2)5-6-11(10)12/h1,5-7,9,12H,2-3H3. The minimum absolute atomic E-state index is 0.0232. The largest absolute Gasteiger partial charge is 0.508 e. The first kappa shape index (κ1) is 8.67. The van der Waals surface area contributed by atoms with E-state index in [2.05, 4.69) is 5.92 Å². The molecule has 0 bridgehead atoms. The normalized spacial score (nSPS) is 12.1. The minimum Gasteiger partial charge on any atom is -0.508 e. The van der Waals surface area contributed by atoms with Crippen LogP contribution in [0.2, 0.25) is 0 Å². The van der Waals surface area contributed by atoms with Gasteiger partial charge in [0, 0.05) is 11.5 Å². The van der Waals surface area contributed by atoms with Crippen molar-refractivity contribution in [3.63, 3.8) is 0 Å². The maximum Gasteiger partial charge on any atom is 0.120 e. The molecule has 0 aliphatic rings. The van der Waals surface area contributed by atoms with Gasteiger partial charge in [-0.2, -0.15) is 0 Å². The number of hydrogen-bond donors (Lipinski definition) is 1. The Labute approximate surface area is 73.0 Å². The lowest BCUT2D eigenvalue weighted by Crippen LogP contribution is -1.90. The summed E-state index contributed by atoms with van der Waals surface area (Å²) in [5.74, 6) is 2.85. The molecule has 0 fully saturated rings. The number of benzene rings is 1. The van der Waals surface area contributed by atoms with Crippen LogP contribution < -0.4 is 0 Å². The van der Waals surface area contributed by atoms with Gasteiger partial charge in [-0.25, -0.2) is 0 Å². The summed E-state index contributed by atoms with van der Waals surface area (Å²) >= 11 is 0. The molecule has 0 radical (unpaired) electrons. The topological polar surface area (TPSA) is 20.2 Å². The highest BCUT2D eigenvalue weighted by Crippen LogP contribution is 2.25. The van der Waals surface area contributed by atoms with Gasteiger partial charge in [0.25, 0.3) is 0 Å². The van der Waals surface area contributed by atoms with Crippen LogP contribution >= 0.6 is 0 Å². The molecule has 0 aliphatic carbocycles. The molecule has 0 saturated carbocycles. The van der Waals surface area contributed by atoms with Gasteiger partial charge in [-0.3, -0.25) is 0 Å². The van der Waals surface area contributed by atoms with E-state index >= 15 is 0 Å². The summed E-state index contributed by atoms with van der Waals surface area (Å²) in [6, 6.07) is 5.46. The van der Waals surface area contributed by atoms with Crippen molar-refractivity contribution in [2.24, 2.45) is 0 Å². The van der Waals surface area contributed by atoms with E-state index in [0.29, 0.717) is 0 Å². The average molecular weight is 160 g/mol. The third-order valence-electron chi connectivity index (χ3n) is 1.90. The molecule has 0 spiro atoms. The molecule has 1 atom stereocenters. The van der Waals surface area contributed by atoms with Crippen LogP contribution in [0.15, 0.2) is 18.2 Å². The van der Waals surface area contributed by atoms with Gasteiger partial charge in [-0.15, -0.1) is 6.42 Å². The lowest BCUT2D eigenvalue weighted by molar-refractivity contribution is 0.467. The van der Waals surface area contributed by atoms with E-state index in [1.54, 1.807) is 6.07 Å². The Hall–Kier alpha value is -1.42. The van der Waals surface area contributed by atoms with Gasteiger partial charge < -0.3 is 5.11 Å². The summed E-state index contributed by atoms with van der Waals surface area (Å²) in [5.41, 5.74) is 1.95. The van der Waals surface area contributed by atoms with Crippen LogP contribution in [0.1, 0.15) is 24.0 Å². The van der Waals surface area contributed by atoms with Crippen molar-refractivity contribution in [3.8, 4) is 18.1 Å². The van der Waals surface area contributed by atoms with Gasteiger partial charge in [0.05, 0.1) is 0 Å². The van der Waals surface area contributed by atoms with E-state index < -0.39 is 0 Å². The van der Waals surface area contributed by atoms with Crippen LogP contribution in [-0.4, -0.2) is 5.11 Å². The quantitative estimate of drug-likeness (QED) is 0.625. The predicted octanol–water partition coefficient (Wildman–Crippen LogP) is 2.44. The molecule has 1 N–H and O–H groups in total. The molecule has 0 saturated heterocycles. The third kappa shape index (κ3) is 1.60. The molecule has 1 aromatic carbocycles. The van der Waals surface area contributed by atoms with Crippen LogP contribution in [0.5, 0.6) is 5.75 Å². The zero-order valence-corrected chi connectivity index (χ0v) is 7.33. The van der Waals surface area contributed by atoms with Crippen LogP contribution in [0, 0.1) is 19.3 Å². The van der Waals surface area contributed by atoms with Gasteiger partial charge in [0.2, 0.25) is 0 Å². The summed E-state index contributed by atoms with van der Waals surface area (Å²) in [4.78, 5) is 0. The molecule has 62 valence electrons. The van der Waals surface area contributed by atoms with Crippen molar-refractivity contribution < 1.29 is 5.11 Å². The molecule has 0 aromatic heterocycles. The third-order valence-corrected chi connectivity index (χ3v) is 1.90. The SMILES string of the molecule is C#CC(C)c1cc(C)ccc1O. The van der Waals surface area contributed by atoms with Crippen molar-refractivity contribution in [3.05, 3.63) is 29.3 Å². The lowest BCUT2D eigenvalue weighted by Gasteiger charge is -2.07. The van der Waals surface area contributed by atoms with Crippen LogP contribution in [-0.2, 0) is 0 Å². The number of aromatic hydroxyl groups is 1. The van der Waals surface area contributed by atoms with Gasteiger partial charge in [0.15, 0.2) is 0 Å². The fraction of sp³-hybridized carbons (Fsp3) is 0.273. The molecule has 0 aliphatic heterocycles. The lowest BCUT2D eigenvalue weighted by atomic mass is 9.99. The zero-order valence-electron chi connectivity index (χ0n) is 7.33. The second-order valence-electron chi connectivity index (χ2n) is 2.95. The van der Waals surface area contributed by atoms with Gasteiger partial charge in [-0.1, -0.05) is 23.6 Å². The van der Waals surface area contributed by atoms with Gasteiger partial charge in [-0.05, 0) is 19.9 Å². The molecule has 1 nitrogen and oxygen atoms in total. The fourth-order valence-electron chi connectivity index (χ4n) is 1.11. The van der Waals surface area contributed by atoms with Gasteiger partial charge in [0.1, 0.15) is 5.75 Å². The Kier molecular flexibility index (Phi) is 2.40. The van der Waals surface area contributed by atoms with E-state index in [4.69, 9.17) is 6.42 Å². The van der Waals surface area contributed by atoms with E-state index in [-0.39, 0.29) is 11.7 Å². The number of aryl methyl sites for hydroxylation is 1. The molecular weight excluding hydrogens is 148 g/mol. The van der Waals surface area contributed by atoms with Crippen molar-refractivity contribution in [2.75, 3.05) is 0 Å². The number of terminal acetylenes is 1. The maximum absolute atomic E-state index is 9.44. The van der Waals surface area contributed by atoms with E-state index in [1.807, 2.05) is 26.0 Å². The Balaban J connectivity index is 3.15. The summed E-state index contributed by atoms with van der Waals surface area (Å²) in [5, 5.41) is 9.44. The summed E-state index contributed by atoms with van der Waals surface area (Å²) < 4.78 is 0. The first-order chi connectivity index (χ1) is 5.65. The molecule has 1 aromatic rings. The van der Waals surface area contributed by atoms with Crippen molar-refractivity contribution in [1.29, 1.82) is 0 Å². The number of phenolic OH excluding ortho intramolecular Hbond substituents is 1. The second kappa shape index (κ2) is 3.32. The Morgan fingerprint density at radius 2 is 2.17 bits per heavy atom. The number of rotatable bonds is 1. The molecule has 12 heavy (non-hydrogen) atoms. The monoisotopic (exact) mass is 160 g/mol. The molecular formula is C11H12O. The Bertz CT molecular complexity index is 320. The summed E-state index contributed by atoms with van der Waals surface area (Å²) in [6.07, 6.45) is 5.26. The number of phenols is 1. The van der Waals surface area contributed by atoms with Crippen molar-refractivity contribution in [2.45, 2.75) is 19.8 Å². The van der Waals surface area contributed by atoms with E-state index in [9.17, 15) is 5.11 Å². The highest BCUT2D eigenvalue weighted by atomic mass is 16.3. The Morgan fingerprint density at radius 3 is 2.75 bits per heavy atom. The van der Waals surface area contributed by atoms with Gasteiger partial charge >= 0.3 is 0 Å². The predicted molar refractivity (Wildman–Crippen MR) is 50.1 cm³/mol.